The lowest BCUT2D eigenvalue weighted by molar-refractivity contribution is -0.548. The van der Waals surface area contributed by atoms with E-state index < -0.39 is 67.4 Å². The maximum absolute atomic E-state index is 14.7. The highest BCUT2D eigenvalue weighted by atomic mass is 19.4. The average molecular weight is 607 g/mol. The first-order valence-electron chi connectivity index (χ1n) is 10.0. The predicted octanol–water partition coefficient (Wildman–Crippen LogP) is 7.29. The number of carbonyl (C=O) groups is 1. The maximum Gasteiger partial charge on any atom is 0.462 e. The summed E-state index contributed by atoms with van der Waals surface area (Å²) in [5.74, 6) is -25.8. The Kier molecular flexibility index (Phi) is 10.8. The van der Waals surface area contributed by atoms with Crippen LogP contribution in [0.1, 0.15) is 39.5 Å². The van der Waals surface area contributed by atoms with Gasteiger partial charge in [-0.2, -0.15) is 74.6 Å². The molecule has 0 rings (SSSR count). The molecule has 0 aromatic carbocycles. The molecule has 0 aromatic heterocycles. The molecule has 21 heteroatoms. The normalized spacial score (nSPS) is 17.7. The summed E-state index contributed by atoms with van der Waals surface area (Å²) in [5.41, 5.74) is 0. The summed E-state index contributed by atoms with van der Waals surface area (Å²) in [5, 5.41) is 0. The van der Waals surface area contributed by atoms with Gasteiger partial charge in [0.25, 0.3) is 5.91 Å². The van der Waals surface area contributed by atoms with Crippen LogP contribution in [0.15, 0.2) is 0 Å². The van der Waals surface area contributed by atoms with E-state index in [0.717, 1.165) is 0 Å². The van der Waals surface area contributed by atoms with Crippen LogP contribution in [0.25, 0.3) is 0 Å². The molecule has 0 bridgehead atoms. The molecule has 0 aliphatic heterocycles. The molecule has 0 aliphatic rings. The van der Waals surface area contributed by atoms with Crippen molar-refractivity contribution in [3.05, 3.63) is 0 Å². The van der Waals surface area contributed by atoms with E-state index in [1.165, 1.54) is 18.6 Å². The first-order valence-corrected chi connectivity index (χ1v) is 10.0. The minimum Gasteiger partial charge on any atom is -0.337 e. The monoisotopic (exact) mass is 607 g/mol. The van der Waals surface area contributed by atoms with Gasteiger partial charge in [-0.05, 0) is 12.8 Å². The molecule has 0 aliphatic carbocycles. The van der Waals surface area contributed by atoms with E-state index >= 15 is 0 Å². The van der Waals surface area contributed by atoms with Crippen molar-refractivity contribution in [2.24, 2.45) is 0 Å². The zero-order valence-electron chi connectivity index (χ0n) is 18.8. The lowest BCUT2D eigenvalue weighted by Crippen LogP contribution is -2.69. The van der Waals surface area contributed by atoms with Gasteiger partial charge in [-0.1, -0.05) is 26.7 Å². The number of ether oxygens (including phenoxy) is 2. The molecule has 0 N–H and O–H groups in total. The number of rotatable bonds is 13. The molecule has 38 heavy (non-hydrogen) atoms. The van der Waals surface area contributed by atoms with Crippen molar-refractivity contribution in [3.8, 4) is 0 Å². The van der Waals surface area contributed by atoms with Gasteiger partial charge in [-0.3, -0.25) is 14.3 Å². The quantitative estimate of drug-likeness (QED) is 0.207. The van der Waals surface area contributed by atoms with Crippen LogP contribution in [0.3, 0.4) is 0 Å². The number of alkyl halides is 17. The number of nitrogens with zero attached hydrogens (tertiary/aromatic N) is 1. The molecule has 0 aromatic rings. The number of halogens is 17. The third kappa shape index (κ3) is 7.04. The van der Waals surface area contributed by atoms with Gasteiger partial charge in [0.05, 0.1) is 0 Å². The summed E-state index contributed by atoms with van der Waals surface area (Å²) in [6, 6.07) is 0. The van der Waals surface area contributed by atoms with E-state index in [0.29, 0.717) is 0 Å². The highest BCUT2D eigenvalue weighted by molar-refractivity contribution is 5.84. The minimum atomic E-state index is -8.02. The summed E-state index contributed by atoms with van der Waals surface area (Å²) < 4.78 is 228. The molecule has 0 saturated heterocycles. The zero-order valence-corrected chi connectivity index (χ0v) is 18.8. The van der Waals surface area contributed by atoms with Crippen LogP contribution in [-0.2, 0) is 14.3 Å². The fraction of sp³-hybridized carbons (Fsp3) is 0.941. The minimum absolute atomic E-state index is 0.0518. The van der Waals surface area contributed by atoms with Crippen molar-refractivity contribution in [3.63, 3.8) is 0 Å². The van der Waals surface area contributed by atoms with E-state index in [1.54, 1.807) is 0 Å². The molecular weight excluding hydrogens is 589 g/mol. The van der Waals surface area contributed by atoms with Crippen LogP contribution in [0.5, 0.6) is 0 Å². The van der Waals surface area contributed by atoms with Gasteiger partial charge in [0.1, 0.15) is 0 Å². The van der Waals surface area contributed by atoms with E-state index in [-0.39, 0.29) is 30.6 Å². The van der Waals surface area contributed by atoms with Gasteiger partial charge in [0.2, 0.25) is 0 Å². The Hall–Kier alpha value is -1.80. The molecule has 0 heterocycles. The second-order valence-corrected chi connectivity index (χ2v) is 7.50. The van der Waals surface area contributed by atoms with E-state index in [2.05, 4.69) is 4.74 Å². The summed E-state index contributed by atoms with van der Waals surface area (Å²) in [4.78, 5) is 12.0. The Balaban J connectivity index is 6.87. The SMILES string of the molecule is CCCCN(CCCC)C(=O)C(F)(OC(F)(F)C(F)(OC(F)(F)C(F)(F)C(F)(F)F)C(F)(F)F)C(F)(F)F. The van der Waals surface area contributed by atoms with E-state index in [4.69, 9.17) is 0 Å². The van der Waals surface area contributed by atoms with Crippen molar-refractivity contribution in [1.29, 1.82) is 0 Å². The van der Waals surface area contributed by atoms with Crippen molar-refractivity contribution >= 4 is 5.91 Å². The molecule has 2 unspecified atom stereocenters. The van der Waals surface area contributed by atoms with Crippen molar-refractivity contribution in [2.45, 2.75) is 87.9 Å². The first-order chi connectivity index (χ1) is 16.6. The van der Waals surface area contributed by atoms with Gasteiger partial charge in [0.15, 0.2) is 0 Å². The van der Waals surface area contributed by atoms with Gasteiger partial charge < -0.3 is 4.90 Å². The Morgan fingerprint density at radius 3 is 1.26 bits per heavy atom. The average Bonchev–Trinajstić information content (AvgIpc) is 2.70. The zero-order chi connectivity index (χ0) is 30.8. The van der Waals surface area contributed by atoms with Crippen molar-refractivity contribution in [2.75, 3.05) is 13.1 Å². The van der Waals surface area contributed by atoms with Crippen LogP contribution in [0.2, 0.25) is 0 Å². The molecule has 4 nitrogen and oxygen atoms in total. The topological polar surface area (TPSA) is 38.8 Å². The van der Waals surface area contributed by atoms with Gasteiger partial charge in [-0.15, -0.1) is 0 Å². The van der Waals surface area contributed by atoms with Crippen LogP contribution in [0, 0.1) is 0 Å². The standard InChI is InChI=1S/C17H18F17NO3/c1-3-5-7-35(8-6-4-2)9(36)10(18,13(22,23)24)37-17(33,34)12(21,15(28,29)30)38-16(31,32)11(19,20)14(25,26)27/h3-8H2,1-2H3. The van der Waals surface area contributed by atoms with E-state index in [9.17, 15) is 79.4 Å². The second-order valence-electron chi connectivity index (χ2n) is 7.50. The number of hydrogen-bond donors (Lipinski definition) is 0. The van der Waals surface area contributed by atoms with Crippen LogP contribution in [-0.4, -0.2) is 72.3 Å². The number of amides is 1. The lowest BCUT2D eigenvalue weighted by atomic mass is 10.1. The van der Waals surface area contributed by atoms with Gasteiger partial charge in [0, 0.05) is 13.1 Å². The second kappa shape index (κ2) is 11.4. The van der Waals surface area contributed by atoms with Gasteiger partial charge in [-0.25, -0.2) is 0 Å². The molecule has 0 fully saturated rings. The van der Waals surface area contributed by atoms with Crippen LogP contribution >= 0.6 is 0 Å². The molecule has 0 saturated carbocycles. The summed E-state index contributed by atoms with van der Waals surface area (Å²) in [6.07, 6.45) is -38.8. The summed E-state index contributed by atoms with van der Waals surface area (Å²) >= 11 is 0. The fourth-order valence-electron chi connectivity index (χ4n) is 2.37. The molecule has 2 atom stereocenters. The van der Waals surface area contributed by atoms with Crippen molar-refractivity contribution in [1.82, 2.24) is 4.90 Å². The van der Waals surface area contributed by atoms with Crippen LogP contribution in [0.4, 0.5) is 74.6 Å². The highest BCUT2D eigenvalue weighted by Gasteiger charge is 2.85. The number of carbonyl (C=O) groups excluding carboxylic acids is 1. The molecule has 1 amide bonds. The fourth-order valence-corrected chi connectivity index (χ4v) is 2.37. The largest absolute Gasteiger partial charge is 0.462 e. The lowest BCUT2D eigenvalue weighted by Gasteiger charge is -2.41. The third-order valence-electron chi connectivity index (χ3n) is 4.49. The third-order valence-corrected chi connectivity index (χ3v) is 4.49. The maximum atomic E-state index is 14.7. The Morgan fingerprint density at radius 2 is 0.974 bits per heavy atom. The molecule has 228 valence electrons. The van der Waals surface area contributed by atoms with Gasteiger partial charge >= 0.3 is 48.4 Å². The highest BCUT2D eigenvalue weighted by Crippen LogP contribution is 2.56. The predicted molar refractivity (Wildman–Crippen MR) is 89.3 cm³/mol. The summed E-state index contributed by atoms with van der Waals surface area (Å²) in [7, 11) is 0. The Morgan fingerprint density at radius 1 is 0.579 bits per heavy atom. The first kappa shape index (κ1) is 36.2. The Labute approximate surface area is 202 Å². The van der Waals surface area contributed by atoms with Crippen LogP contribution < -0.4 is 0 Å². The molecule has 0 radical (unpaired) electrons. The molecule has 0 spiro atoms. The summed E-state index contributed by atoms with van der Waals surface area (Å²) in [6.45, 7) is 0.958. The molecular formula is C17H18F17NO3. The smallest absolute Gasteiger partial charge is 0.337 e. The number of unbranched alkanes of at least 4 members (excludes halogenated alkanes) is 2. The number of hydrogen-bond acceptors (Lipinski definition) is 3. The van der Waals surface area contributed by atoms with Crippen molar-refractivity contribution < 1.29 is 88.9 Å². The van der Waals surface area contributed by atoms with E-state index in [1.807, 2.05) is 0 Å². The Bertz CT molecular complexity index is 786.